The molecule has 0 aliphatic carbocycles. The lowest BCUT2D eigenvalue weighted by Crippen LogP contribution is -2.32. The number of para-hydroxylation sites is 2. The fourth-order valence-electron chi connectivity index (χ4n) is 2.87. The second-order valence-corrected chi connectivity index (χ2v) is 5.81. The van der Waals surface area contributed by atoms with Gasteiger partial charge in [0, 0.05) is 22.4 Å². The van der Waals surface area contributed by atoms with Gasteiger partial charge in [-0.25, -0.2) is 5.48 Å². The predicted octanol–water partition coefficient (Wildman–Crippen LogP) is 1.97. The lowest BCUT2D eigenvalue weighted by Gasteiger charge is -2.21. The summed E-state index contributed by atoms with van der Waals surface area (Å²) in [6.07, 6.45) is 0. The van der Waals surface area contributed by atoms with Crippen molar-refractivity contribution in [3.05, 3.63) is 70.9 Å². The first-order valence-electron chi connectivity index (χ1n) is 8.01. The summed E-state index contributed by atoms with van der Waals surface area (Å²) in [6.45, 7) is 1.52. The smallest absolute Gasteiger partial charge is 0.272 e. The lowest BCUT2D eigenvalue weighted by molar-refractivity contribution is -0.127. The van der Waals surface area contributed by atoms with Crippen molar-refractivity contribution in [2.75, 3.05) is 12.4 Å². The van der Waals surface area contributed by atoms with Gasteiger partial charge < -0.3 is 15.7 Å². The molecule has 1 aliphatic heterocycles. The summed E-state index contributed by atoms with van der Waals surface area (Å²) in [5.41, 5.74) is 4.44. The zero-order valence-corrected chi connectivity index (χ0v) is 14.4. The van der Waals surface area contributed by atoms with E-state index in [1.165, 1.54) is 14.0 Å². The Bertz CT molecular complexity index is 892. The van der Waals surface area contributed by atoms with Crippen molar-refractivity contribution < 1.29 is 19.5 Å². The number of benzene rings is 2. The normalized spacial score (nSPS) is 18.1. The summed E-state index contributed by atoms with van der Waals surface area (Å²) in [4.78, 5) is 29.4. The van der Waals surface area contributed by atoms with Gasteiger partial charge in [-0.05, 0) is 19.1 Å². The minimum atomic E-state index is -0.535. The Hall–Kier alpha value is -3.32. The number of phenols is 1. The van der Waals surface area contributed by atoms with Crippen molar-refractivity contribution in [2.24, 2.45) is 0 Å². The zero-order valence-electron chi connectivity index (χ0n) is 14.4. The molecule has 134 valence electrons. The number of aromatic hydroxyl groups is 1. The van der Waals surface area contributed by atoms with E-state index in [2.05, 4.69) is 21.0 Å². The van der Waals surface area contributed by atoms with Gasteiger partial charge in [-0.2, -0.15) is 0 Å². The van der Waals surface area contributed by atoms with Gasteiger partial charge in [-0.3, -0.25) is 14.4 Å². The molecule has 7 nitrogen and oxygen atoms in total. The van der Waals surface area contributed by atoms with E-state index in [1.807, 2.05) is 12.1 Å². The molecule has 4 N–H and O–H groups in total. The molecule has 26 heavy (non-hydrogen) atoms. The van der Waals surface area contributed by atoms with Crippen LogP contribution in [-0.4, -0.2) is 24.0 Å². The van der Waals surface area contributed by atoms with Gasteiger partial charge in [-0.1, -0.05) is 36.4 Å². The molecule has 2 aromatic rings. The molecule has 1 aliphatic rings. The number of phenolic OH excluding ortho intramolecular Hbond substituents is 1. The fraction of sp³-hybridized carbons (Fsp3) is 0.158. The quantitative estimate of drug-likeness (QED) is 0.499. The molecular formula is C19H19N3O4. The van der Waals surface area contributed by atoms with Gasteiger partial charge in [0.2, 0.25) is 0 Å². The van der Waals surface area contributed by atoms with Gasteiger partial charge in [0.15, 0.2) is 0 Å². The average Bonchev–Trinajstić information content (AvgIpc) is 2.78. The number of anilines is 1. The first-order valence-corrected chi connectivity index (χ1v) is 8.01. The molecule has 0 radical (unpaired) electrons. The van der Waals surface area contributed by atoms with Crippen molar-refractivity contribution >= 4 is 17.5 Å². The Morgan fingerprint density at radius 3 is 2.46 bits per heavy atom. The van der Waals surface area contributed by atoms with Crippen LogP contribution in [0, 0.1) is 0 Å². The minimum absolute atomic E-state index is 0.0903. The maximum atomic E-state index is 12.7. The molecule has 2 amide bonds. The van der Waals surface area contributed by atoms with Crippen molar-refractivity contribution in [2.45, 2.75) is 13.0 Å². The lowest BCUT2D eigenvalue weighted by atomic mass is 9.96. The molecule has 2 aromatic carbocycles. The summed E-state index contributed by atoms with van der Waals surface area (Å²) in [7, 11) is 1.32. The van der Waals surface area contributed by atoms with Crippen LogP contribution in [0.2, 0.25) is 0 Å². The third kappa shape index (κ3) is 3.25. The highest BCUT2D eigenvalue weighted by Gasteiger charge is 2.29. The number of hydroxylamine groups is 1. The van der Waals surface area contributed by atoms with E-state index in [-0.39, 0.29) is 17.0 Å². The van der Waals surface area contributed by atoms with Crippen molar-refractivity contribution in [1.29, 1.82) is 0 Å². The van der Waals surface area contributed by atoms with Crippen LogP contribution in [-0.2, 0) is 14.4 Å². The standard InChI is InChI=1S/C19H19N3O4/c1-11(18(24)22-26-2)16-19(25)20-14-9-5-3-7-12(14)17(21-16)13-8-4-6-10-15(13)23/h3-10,17,21,23H,1-2H3,(H,20,25)(H,22,24)/b16-11-. The summed E-state index contributed by atoms with van der Waals surface area (Å²) in [5.74, 6) is -0.890. The molecule has 0 bridgehead atoms. The van der Waals surface area contributed by atoms with Gasteiger partial charge in [0.25, 0.3) is 11.8 Å². The number of hydrogen-bond acceptors (Lipinski definition) is 5. The predicted molar refractivity (Wildman–Crippen MR) is 96.0 cm³/mol. The molecule has 3 rings (SSSR count). The molecule has 7 heteroatoms. The number of carbonyl (C=O) groups is 2. The Morgan fingerprint density at radius 1 is 1.12 bits per heavy atom. The summed E-state index contributed by atoms with van der Waals surface area (Å²) in [5, 5.41) is 16.2. The number of nitrogens with one attached hydrogen (secondary N) is 3. The van der Waals surface area contributed by atoms with Crippen LogP contribution in [0.15, 0.2) is 59.8 Å². The van der Waals surface area contributed by atoms with Crippen LogP contribution < -0.4 is 16.1 Å². The van der Waals surface area contributed by atoms with Crippen molar-refractivity contribution in [3.63, 3.8) is 0 Å². The SMILES string of the molecule is CONC(=O)/C(C)=C1\NC(c2ccccc2O)c2ccccc2NC1=O. The molecule has 0 spiro atoms. The first kappa shape index (κ1) is 17.5. The van der Waals surface area contributed by atoms with Crippen LogP contribution in [0.5, 0.6) is 5.75 Å². The second kappa shape index (κ2) is 7.28. The summed E-state index contributed by atoms with van der Waals surface area (Å²) >= 11 is 0. The number of fused-ring (bicyclic) bond motifs is 1. The Balaban J connectivity index is 2.15. The largest absolute Gasteiger partial charge is 0.508 e. The second-order valence-electron chi connectivity index (χ2n) is 5.81. The van der Waals surface area contributed by atoms with E-state index in [1.54, 1.807) is 36.4 Å². The molecule has 1 atom stereocenters. The number of amides is 2. The number of rotatable bonds is 3. The van der Waals surface area contributed by atoms with Gasteiger partial charge >= 0.3 is 0 Å². The minimum Gasteiger partial charge on any atom is -0.508 e. The molecule has 0 aromatic heterocycles. The van der Waals surface area contributed by atoms with E-state index in [0.29, 0.717) is 11.3 Å². The highest BCUT2D eigenvalue weighted by molar-refractivity contribution is 6.10. The molecule has 0 fully saturated rings. The monoisotopic (exact) mass is 353 g/mol. The van der Waals surface area contributed by atoms with Crippen LogP contribution >= 0.6 is 0 Å². The van der Waals surface area contributed by atoms with E-state index in [0.717, 1.165) is 5.56 Å². The maximum absolute atomic E-state index is 12.7. The highest BCUT2D eigenvalue weighted by Crippen LogP contribution is 2.36. The van der Waals surface area contributed by atoms with Gasteiger partial charge in [-0.15, -0.1) is 0 Å². The van der Waals surface area contributed by atoms with Crippen LogP contribution in [0.1, 0.15) is 24.1 Å². The summed E-state index contributed by atoms with van der Waals surface area (Å²) in [6, 6.07) is 13.6. The fourth-order valence-corrected chi connectivity index (χ4v) is 2.87. The van der Waals surface area contributed by atoms with E-state index >= 15 is 0 Å². The molecule has 0 saturated heterocycles. The Labute approximate surface area is 150 Å². The summed E-state index contributed by atoms with van der Waals surface area (Å²) < 4.78 is 0. The van der Waals surface area contributed by atoms with Crippen LogP contribution in [0.25, 0.3) is 0 Å². The molecule has 1 heterocycles. The third-order valence-corrected chi connectivity index (χ3v) is 4.19. The van der Waals surface area contributed by atoms with Gasteiger partial charge in [0.05, 0.1) is 13.2 Å². The van der Waals surface area contributed by atoms with Gasteiger partial charge in [0.1, 0.15) is 11.4 Å². The van der Waals surface area contributed by atoms with E-state index in [9.17, 15) is 14.7 Å². The van der Waals surface area contributed by atoms with Crippen LogP contribution in [0.4, 0.5) is 5.69 Å². The molecule has 1 unspecified atom stereocenters. The number of carbonyl (C=O) groups excluding carboxylic acids is 2. The topological polar surface area (TPSA) is 99.7 Å². The molecule has 0 saturated carbocycles. The average molecular weight is 353 g/mol. The van der Waals surface area contributed by atoms with E-state index < -0.39 is 17.9 Å². The zero-order chi connectivity index (χ0) is 18.7. The maximum Gasteiger partial charge on any atom is 0.272 e. The third-order valence-electron chi connectivity index (χ3n) is 4.19. The number of hydrogen-bond donors (Lipinski definition) is 4. The Kier molecular flexibility index (Phi) is 4.90. The first-order chi connectivity index (χ1) is 12.5. The molecular weight excluding hydrogens is 334 g/mol. The Morgan fingerprint density at radius 2 is 1.77 bits per heavy atom. The van der Waals surface area contributed by atoms with Crippen molar-refractivity contribution in [1.82, 2.24) is 10.8 Å². The van der Waals surface area contributed by atoms with E-state index in [4.69, 9.17) is 0 Å². The van der Waals surface area contributed by atoms with Crippen LogP contribution in [0.3, 0.4) is 0 Å². The van der Waals surface area contributed by atoms with Crippen molar-refractivity contribution in [3.8, 4) is 5.75 Å². The highest BCUT2D eigenvalue weighted by atomic mass is 16.6.